The van der Waals surface area contributed by atoms with Crippen molar-refractivity contribution >= 4 is 0 Å². The highest BCUT2D eigenvalue weighted by Crippen LogP contribution is 2.26. The zero-order valence-corrected chi connectivity index (χ0v) is 7.92. The third kappa shape index (κ3) is 3.09. The van der Waals surface area contributed by atoms with Gasteiger partial charge >= 0.3 is 0 Å². The van der Waals surface area contributed by atoms with E-state index in [1.807, 2.05) is 0 Å². The Morgan fingerprint density at radius 3 is 2.75 bits per heavy atom. The van der Waals surface area contributed by atoms with Crippen molar-refractivity contribution in [3.63, 3.8) is 0 Å². The molecule has 1 rings (SSSR count). The van der Waals surface area contributed by atoms with Gasteiger partial charge in [-0.15, -0.1) is 0 Å². The fourth-order valence-corrected chi connectivity index (χ4v) is 1.54. The summed E-state index contributed by atoms with van der Waals surface area (Å²) in [7, 11) is 1.71. The molecule has 72 valence electrons. The highest BCUT2D eigenvalue weighted by Gasteiger charge is 2.26. The average molecular weight is 173 g/mol. The number of aliphatic hydroxyl groups excluding tert-OH is 1. The van der Waals surface area contributed by atoms with Gasteiger partial charge in [0.1, 0.15) is 0 Å². The van der Waals surface area contributed by atoms with Crippen molar-refractivity contribution in [2.24, 2.45) is 5.92 Å². The molecule has 0 bridgehead atoms. The number of hydrogen-bond acceptors (Lipinski definition) is 3. The van der Waals surface area contributed by atoms with Gasteiger partial charge in [-0.2, -0.15) is 0 Å². The van der Waals surface area contributed by atoms with E-state index in [-0.39, 0.29) is 6.10 Å². The summed E-state index contributed by atoms with van der Waals surface area (Å²) in [6.45, 7) is 3.88. The van der Waals surface area contributed by atoms with Crippen LogP contribution in [0.5, 0.6) is 0 Å². The molecule has 3 heteroatoms. The second kappa shape index (κ2) is 4.80. The van der Waals surface area contributed by atoms with Crippen molar-refractivity contribution in [1.82, 2.24) is 5.32 Å². The van der Waals surface area contributed by atoms with Crippen molar-refractivity contribution < 1.29 is 9.84 Å². The molecule has 2 N–H and O–H groups in total. The van der Waals surface area contributed by atoms with Crippen LogP contribution in [0.15, 0.2) is 0 Å². The molecule has 0 radical (unpaired) electrons. The van der Waals surface area contributed by atoms with Crippen LogP contribution in [0.4, 0.5) is 0 Å². The first-order valence-electron chi connectivity index (χ1n) is 4.62. The predicted octanol–water partition coefficient (Wildman–Crippen LogP) is 0.382. The second-order valence-corrected chi connectivity index (χ2v) is 3.76. The minimum absolute atomic E-state index is 0.0328. The van der Waals surface area contributed by atoms with E-state index in [9.17, 15) is 0 Å². The quantitative estimate of drug-likeness (QED) is 0.631. The van der Waals surface area contributed by atoms with E-state index >= 15 is 0 Å². The number of methoxy groups -OCH3 is 1. The SMILES string of the molecule is COCC(C)NCC1CC(O)C1. The lowest BCUT2D eigenvalue weighted by molar-refractivity contribution is 0.0405. The van der Waals surface area contributed by atoms with E-state index < -0.39 is 0 Å². The molecule has 0 saturated heterocycles. The van der Waals surface area contributed by atoms with Crippen LogP contribution in [0.25, 0.3) is 0 Å². The maximum Gasteiger partial charge on any atom is 0.0613 e. The topological polar surface area (TPSA) is 41.5 Å². The van der Waals surface area contributed by atoms with Gasteiger partial charge in [0.15, 0.2) is 0 Å². The normalized spacial score (nSPS) is 31.2. The lowest BCUT2D eigenvalue weighted by atomic mass is 9.82. The summed E-state index contributed by atoms with van der Waals surface area (Å²) in [5.41, 5.74) is 0. The fraction of sp³-hybridized carbons (Fsp3) is 1.00. The zero-order chi connectivity index (χ0) is 8.97. The monoisotopic (exact) mass is 173 g/mol. The van der Waals surface area contributed by atoms with Gasteiger partial charge in [-0.1, -0.05) is 0 Å². The second-order valence-electron chi connectivity index (χ2n) is 3.76. The summed E-state index contributed by atoms with van der Waals surface area (Å²) in [6.07, 6.45) is 1.90. The fourth-order valence-electron chi connectivity index (χ4n) is 1.54. The summed E-state index contributed by atoms with van der Waals surface area (Å²) in [5.74, 6) is 0.680. The molecule has 0 spiro atoms. The third-order valence-electron chi connectivity index (χ3n) is 2.38. The van der Waals surface area contributed by atoms with Crippen molar-refractivity contribution in [2.45, 2.75) is 31.9 Å². The lowest BCUT2D eigenvalue weighted by Crippen LogP contribution is -2.40. The molecule has 1 unspecified atom stereocenters. The number of hydrogen-bond donors (Lipinski definition) is 2. The summed E-state index contributed by atoms with van der Waals surface area (Å²) >= 11 is 0. The van der Waals surface area contributed by atoms with E-state index in [0.717, 1.165) is 26.0 Å². The molecule has 0 aliphatic heterocycles. The van der Waals surface area contributed by atoms with Crippen LogP contribution >= 0.6 is 0 Å². The third-order valence-corrected chi connectivity index (χ3v) is 2.38. The minimum Gasteiger partial charge on any atom is -0.393 e. The Kier molecular flexibility index (Phi) is 3.98. The number of nitrogens with one attached hydrogen (secondary N) is 1. The van der Waals surface area contributed by atoms with E-state index in [1.165, 1.54) is 0 Å². The first-order chi connectivity index (χ1) is 5.72. The van der Waals surface area contributed by atoms with Gasteiger partial charge in [-0.05, 0) is 32.2 Å². The molecule has 0 amide bonds. The molecule has 12 heavy (non-hydrogen) atoms. The molecule has 1 aliphatic carbocycles. The predicted molar refractivity (Wildman–Crippen MR) is 48.1 cm³/mol. The number of aliphatic hydroxyl groups is 1. The van der Waals surface area contributed by atoms with Crippen LogP contribution in [-0.4, -0.2) is 37.5 Å². The van der Waals surface area contributed by atoms with Gasteiger partial charge in [0.2, 0.25) is 0 Å². The van der Waals surface area contributed by atoms with Crippen molar-refractivity contribution in [2.75, 3.05) is 20.3 Å². The van der Waals surface area contributed by atoms with Crippen LogP contribution < -0.4 is 5.32 Å². The molecule has 0 aromatic rings. The van der Waals surface area contributed by atoms with E-state index in [2.05, 4.69) is 12.2 Å². The van der Waals surface area contributed by atoms with Gasteiger partial charge in [-0.3, -0.25) is 0 Å². The first kappa shape index (κ1) is 9.96. The van der Waals surface area contributed by atoms with Gasteiger partial charge < -0.3 is 15.2 Å². The van der Waals surface area contributed by atoms with E-state index in [1.54, 1.807) is 7.11 Å². The van der Waals surface area contributed by atoms with Crippen molar-refractivity contribution in [3.8, 4) is 0 Å². The van der Waals surface area contributed by atoms with Crippen molar-refractivity contribution in [1.29, 1.82) is 0 Å². The number of ether oxygens (including phenoxy) is 1. The first-order valence-corrected chi connectivity index (χ1v) is 4.62. The Labute approximate surface area is 74.1 Å². The van der Waals surface area contributed by atoms with Gasteiger partial charge in [-0.25, -0.2) is 0 Å². The Hall–Kier alpha value is -0.120. The van der Waals surface area contributed by atoms with Gasteiger partial charge in [0.25, 0.3) is 0 Å². The number of rotatable bonds is 5. The molecule has 0 aromatic heterocycles. The molecule has 3 nitrogen and oxygen atoms in total. The maximum atomic E-state index is 9.03. The lowest BCUT2D eigenvalue weighted by Gasteiger charge is -2.32. The summed E-state index contributed by atoms with van der Waals surface area (Å²) in [4.78, 5) is 0. The molecule has 1 aliphatic rings. The van der Waals surface area contributed by atoms with E-state index in [4.69, 9.17) is 9.84 Å². The highest BCUT2D eigenvalue weighted by atomic mass is 16.5. The van der Waals surface area contributed by atoms with Gasteiger partial charge in [0, 0.05) is 13.2 Å². The van der Waals surface area contributed by atoms with E-state index in [0.29, 0.717) is 12.0 Å². The molecule has 0 heterocycles. The summed E-state index contributed by atoms with van der Waals surface area (Å²) in [5, 5.41) is 12.4. The maximum absolute atomic E-state index is 9.03. The zero-order valence-electron chi connectivity index (χ0n) is 7.92. The Balaban J connectivity index is 1.95. The Morgan fingerprint density at radius 2 is 2.25 bits per heavy atom. The Morgan fingerprint density at radius 1 is 1.58 bits per heavy atom. The van der Waals surface area contributed by atoms with Crippen LogP contribution in [0.2, 0.25) is 0 Å². The highest BCUT2D eigenvalue weighted by molar-refractivity contribution is 4.80. The van der Waals surface area contributed by atoms with Crippen LogP contribution in [0.3, 0.4) is 0 Å². The van der Waals surface area contributed by atoms with Crippen LogP contribution in [-0.2, 0) is 4.74 Å². The smallest absolute Gasteiger partial charge is 0.0613 e. The van der Waals surface area contributed by atoms with Crippen molar-refractivity contribution in [3.05, 3.63) is 0 Å². The largest absolute Gasteiger partial charge is 0.393 e. The molecule has 0 aromatic carbocycles. The Bertz CT molecular complexity index is 119. The standard InChI is InChI=1S/C9H19NO2/c1-7(6-12-2)10-5-8-3-9(11)4-8/h7-11H,3-6H2,1-2H3. The minimum atomic E-state index is -0.0328. The molecular formula is C9H19NO2. The molecular weight excluding hydrogens is 154 g/mol. The average Bonchev–Trinajstić information content (AvgIpc) is 1.96. The van der Waals surface area contributed by atoms with Crippen LogP contribution in [0.1, 0.15) is 19.8 Å². The molecule has 1 atom stereocenters. The molecule has 1 saturated carbocycles. The van der Waals surface area contributed by atoms with Crippen LogP contribution in [0, 0.1) is 5.92 Å². The molecule has 1 fully saturated rings. The summed E-state index contributed by atoms with van der Waals surface area (Å²) in [6, 6.07) is 0.424. The summed E-state index contributed by atoms with van der Waals surface area (Å²) < 4.78 is 5.00. The van der Waals surface area contributed by atoms with Gasteiger partial charge in [0.05, 0.1) is 12.7 Å².